The van der Waals surface area contributed by atoms with Gasteiger partial charge in [0.2, 0.25) is 0 Å². The molecule has 2 fully saturated rings. The molecule has 2 heterocycles. The summed E-state index contributed by atoms with van der Waals surface area (Å²) in [5.74, 6) is 0. The third-order valence-corrected chi connectivity index (χ3v) is 8.78. The van der Waals surface area contributed by atoms with Gasteiger partial charge in [0.1, 0.15) is 0 Å². The average molecular weight is 202 g/mol. The fourth-order valence-corrected chi connectivity index (χ4v) is 8.50. The monoisotopic (exact) mass is 202 g/mol. The van der Waals surface area contributed by atoms with Gasteiger partial charge in [-0.3, -0.25) is 0 Å². The van der Waals surface area contributed by atoms with Gasteiger partial charge in [-0.25, -0.2) is 0 Å². The molecular weight excluding hydrogens is 184 g/mol. The van der Waals surface area contributed by atoms with Gasteiger partial charge in [-0.1, -0.05) is 67.6 Å². The van der Waals surface area contributed by atoms with Crippen molar-refractivity contribution >= 4 is 14.0 Å². The molecule has 0 aromatic heterocycles. The third-order valence-electron chi connectivity index (χ3n) is 4.26. The Bertz CT molecular complexity index is 290. The van der Waals surface area contributed by atoms with Gasteiger partial charge < -0.3 is 0 Å². The normalized spacial score (nSPS) is 35.9. The van der Waals surface area contributed by atoms with Gasteiger partial charge in [0.05, 0.1) is 8.80 Å². The average Bonchev–Trinajstić information content (AvgIpc) is 2.50. The van der Waals surface area contributed by atoms with Crippen LogP contribution < -0.4 is 5.19 Å². The largest absolute Gasteiger partial charge is 0.0769 e. The number of hydrogen-bond acceptors (Lipinski definition) is 0. The van der Waals surface area contributed by atoms with Crippen LogP contribution in [0.3, 0.4) is 0 Å². The highest BCUT2D eigenvalue weighted by Crippen LogP contribution is 2.48. The molecule has 0 nitrogen and oxygen atoms in total. The molecule has 2 saturated heterocycles. The zero-order valence-electron chi connectivity index (χ0n) is 8.65. The van der Waals surface area contributed by atoms with Crippen molar-refractivity contribution in [2.45, 2.75) is 43.2 Å². The predicted octanol–water partition coefficient (Wildman–Crippen LogP) is 2.84. The van der Waals surface area contributed by atoms with E-state index in [2.05, 4.69) is 30.3 Å². The van der Waals surface area contributed by atoms with Crippen LogP contribution in [0, 0.1) is 0 Å². The van der Waals surface area contributed by atoms with Crippen LogP contribution in [0.15, 0.2) is 30.3 Å². The number of rotatable bonds is 1. The van der Waals surface area contributed by atoms with E-state index in [4.69, 9.17) is 0 Å². The Hall–Kier alpha value is -0.563. The summed E-state index contributed by atoms with van der Waals surface area (Å²) in [7, 11) is -0.562. The van der Waals surface area contributed by atoms with Crippen molar-refractivity contribution in [2.75, 3.05) is 0 Å². The first-order valence-electron chi connectivity index (χ1n) is 6.00. The number of benzene rings is 1. The van der Waals surface area contributed by atoms with Crippen molar-refractivity contribution in [1.29, 1.82) is 0 Å². The maximum atomic E-state index is 2.40. The molecule has 2 aliphatic heterocycles. The van der Waals surface area contributed by atoms with E-state index < -0.39 is 8.80 Å². The van der Waals surface area contributed by atoms with E-state index in [0.717, 1.165) is 11.1 Å². The summed E-state index contributed by atoms with van der Waals surface area (Å²) in [5, 5.41) is 1.75. The van der Waals surface area contributed by atoms with E-state index in [0.29, 0.717) is 0 Å². The van der Waals surface area contributed by atoms with Crippen molar-refractivity contribution in [3.63, 3.8) is 0 Å². The molecule has 1 aromatic carbocycles. The molecule has 2 bridgehead atoms. The minimum absolute atomic E-state index is 0.562. The summed E-state index contributed by atoms with van der Waals surface area (Å²) in [6.07, 6.45) is 7.71. The SMILES string of the molecule is c1ccc([SiH]2C3CCCC2CC3)cc1. The molecule has 2 unspecified atom stereocenters. The summed E-state index contributed by atoms with van der Waals surface area (Å²) in [5.41, 5.74) is 2.30. The van der Waals surface area contributed by atoms with Crippen molar-refractivity contribution in [3.05, 3.63) is 30.3 Å². The van der Waals surface area contributed by atoms with Gasteiger partial charge in [0, 0.05) is 0 Å². The maximum Gasteiger partial charge on any atom is 0.0769 e. The highest BCUT2D eigenvalue weighted by atomic mass is 28.3. The van der Waals surface area contributed by atoms with Crippen LogP contribution in [0.5, 0.6) is 0 Å². The van der Waals surface area contributed by atoms with Crippen molar-refractivity contribution in [1.82, 2.24) is 0 Å². The summed E-state index contributed by atoms with van der Waals surface area (Å²) in [4.78, 5) is 0. The molecule has 2 atom stereocenters. The van der Waals surface area contributed by atoms with E-state index in [1.54, 1.807) is 30.9 Å². The second kappa shape index (κ2) is 3.54. The third kappa shape index (κ3) is 1.34. The van der Waals surface area contributed by atoms with Crippen molar-refractivity contribution in [3.8, 4) is 0 Å². The molecule has 14 heavy (non-hydrogen) atoms. The molecule has 0 spiro atoms. The lowest BCUT2D eigenvalue weighted by Crippen LogP contribution is -2.37. The molecule has 0 amide bonds. The quantitative estimate of drug-likeness (QED) is 0.614. The van der Waals surface area contributed by atoms with E-state index in [9.17, 15) is 0 Å². The van der Waals surface area contributed by atoms with Gasteiger partial charge >= 0.3 is 0 Å². The molecular formula is C13H18Si. The van der Waals surface area contributed by atoms with Gasteiger partial charge in [-0.2, -0.15) is 0 Å². The summed E-state index contributed by atoms with van der Waals surface area (Å²) < 4.78 is 0. The molecule has 2 aliphatic rings. The minimum atomic E-state index is -0.562. The lowest BCUT2D eigenvalue weighted by atomic mass is 10.2. The highest BCUT2D eigenvalue weighted by Gasteiger charge is 2.40. The van der Waals surface area contributed by atoms with Crippen LogP contribution in [-0.2, 0) is 0 Å². The first kappa shape index (κ1) is 8.72. The van der Waals surface area contributed by atoms with E-state index in [-0.39, 0.29) is 0 Å². The van der Waals surface area contributed by atoms with E-state index >= 15 is 0 Å². The molecule has 0 saturated carbocycles. The number of fused-ring (bicyclic) bond motifs is 2. The summed E-state index contributed by atoms with van der Waals surface area (Å²) in [6.45, 7) is 0. The van der Waals surface area contributed by atoms with E-state index in [1.165, 1.54) is 6.42 Å². The van der Waals surface area contributed by atoms with Crippen LogP contribution in [-0.4, -0.2) is 8.80 Å². The van der Waals surface area contributed by atoms with Gasteiger partial charge in [-0.05, 0) is 11.1 Å². The molecule has 0 N–H and O–H groups in total. The molecule has 1 aromatic rings. The maximum absolute atomic E-state index is 2.40. The second-order valence-electron chi connectivity index (χ2n) is 4.96. The van der Waals surface area contributed by atoms with E-state index in [1.807, 2.05) is 0 Å². The summed E-state index contributed by atoms with van der Waals surface area (Å²) >= 11 is 0. The smallest absolute Gasteiger partial charge is 0.0633 e. The highest BCUT2D eigenvalue weighted by molar-refractivity contribution is 6.76. The zero-order chi connectivity index (χ0) is 9.38. The Morgan fingerprint density at radius 2 is 1.50 bits per heavy atom. The standard InChI is InChI=1S/C13H18Si/c1-2-5-11(6-3-1)14-12-7-4-8-13(14)10-9-12/h1-3,5-6,12-14H,4,7-10H2. The molecule has 74 valence electrons. The predicted molar refractivity (Wildman–Crippen MR) is 63.8 cm³/mol. The first-order chi connectivity index (χ1) is 6.95. The van der Waals surface area contributed by atoms with Crippen LogP contribution >= 0.6 is 0 Å². The van der Waals surface area contributed by atoms with Gasteiger partial charge in [0.15, 0.2) is 0 Å². The molecule has 3 rings (SSSR count). The molecule has 0 radical (unpaired) electrons. The van der Waals surface area contributed by atoms with Crippen LogP contribution in [0.1, 0.15) is 32.1 Å². The molecule has 1 heteroatoms. The van der Waals surface area contributed by atoms with Crippen molar-refractivity contribution in [2.24, 2.45) is 0 Å². The number of hydrogen-bond donors (Lipinski definition) is 0. The molecule has 0 aliphatic carbocycles. The minimum Gasteiger partial charge on any atom is -0.0633 e. The Balaban J connectivity index is 1.92. The van der Waals surface area contributed by atoms with Gasteiger partial charge in [0.25, 0.3) is 0 Å². The van der Waals surface area contributed by atoms with Crippen LogP contribution in [0.25, 0.3) is 0 Å². The lowest BCUT2D eigenvalue weighted by Gasteiger charge is -2.28. The Morgan fingerprint density at radius 3 is 2.14 bits per heavy atom. The first-order valence-corrected chi connectivity index (χ1v) is 7.91. The fourth-order valence-electron chi connectivity index (χ4n) is 3.68. The summed E-state index contributed by atoms with van der Waals surface area (Å²) in [6, 6.07) is 11.4. The van der Waals surface area contributed by atoms with Crippen LogP contribution in [0.4, 0.5) is 0 Å². The Labute approximate surface area is 88.0 Å². The van der Waals surface area contributed by atoms with Crippen molar-refractivity contribution < 1.29 is 0 Å². The van der Waals surface area contributed by atoms with Gasteiger partial charge in [-0.15, -0.1) is 0 Å². The Morgan fingerprint density at radius 1 is 0.857 bits per heavy atom. The zero-order valence-corrected chi connectivity index (χ0v) is 9.81. The second-order valence-corrected chi connectivity index (χ2v) is 8.57. The Kier molecular flexibility index (Phi) is 2.21. The lowest BCUT2D eigenvalue weighted by molar-refractivity contribution is 0.646. The fraction of sp³-hybridized carbons (Fsp3) is 0.538. The van der Waals surface area contributed by atoms with Crippen LogP contribution in [0.2, 0.25) is 11.1 Å². The topological polar surface area (TPSA) is 0 Å².